The number of hydrogen-bond donors (Lipinski definition) is 3. The quantitative estimate of drug-likeness (QED) is 0.408. The summed E-state index contributed by atoms with van der Waals surface area (Å²) in [7, 11) is 0. The number of halogens is 1. The van der Waals surface area contributed by atoms with Gasteiger partial charge in [-0.2, -0.15) is 0 Å². The second-order valence-corrected chi connectivity index (χ2v) is 7.22. The van der Waals surface area contributed by atoms with Gasteiger partial charge in [-0.05, 0) is 43.5 Å². The summed E-state index contributed by atoms with van der Waals surface area (Å²) in [5, 5.41) is 11.0. The van der Waals surface area contributed by atoms with E-state index in [-0.39, 0.29) is 5.82 Å². The standard InChI is InChI=1S/C20H26FN5S/c1-3-19-26-16(13-27-19)8-10-24-20(22-4-2)23-9-7-14-12-25-18-11-15(21)5-6-17(14)18/h5-6,11-13,25H,3-4,7-10H2,1-2H3,(H2,22,23,24). The maximum Gasteiger partial charge on any atom is 0.191 e. The molecule has 2 heterocycles. The SMILES string of the molecule is CCNC(=NCCc1csc(CC)n1)NCCc1c[nH]c2cc(F)ccc12. The molecule has 0 saturated carbocycles. The summed E-state index contributed by atoms with van der Waals surface area (Å²) in [6.45, 7) is 6.45. The molecule has 1 aromatic carbocycles. The lowest BCUT2D eigenvalue weighted by Crippen LogP contribution is -2.38. The molecule has 0 bridgehead atoms. The zero-order valence-corrected chi connectivity index (χ0v) is 16.6. The number of H-pyrrole nitrogens is 1. The fraction of sp³-hybridized carbons (Fsp3) is 0.400. The molecule has 7 heteroatoms. The van der Waals surface area contributed by atoms with Crippen LogP contribution in [0.3, 0.4) is 0 Å². The molecule has 0 amide bonds. The van der Waals surface area contributed by atoms with Gasteiger partial charge in [0.15, 0.2) is 5.96 Å². The van der Waals surface area contributed by atoms with Crippen LogP contribution in [0, 0.1) is 5.82 Å². The maximum atomic E-state index is 13.3. The first-order valence-electron chi connectivity index (χ1n) is 9.40. The number of nitrogens with one attached hydrogen (secondary N) is 3. The number of benzene rings is 1. The average molecular weight is 388 g/mol. The minimum absolute atomic E-state index is 0.221. The molecule has 27 heavy (non-hydrogen) atoms. The third-order valence-corrected chi connectivity index (χ3v) is 5.34. The van der Waals surface area contributed by atoms with E-state index in [4.69, 9.17) is 0 Å². The Bertz CT molecular complexity index is 899. The number of aromatic amines is 1. The summed E-state index contributed by atoms with van der Waals surface area (Å²) in [5.41, 5.74) is 3.12. The lowest BCUT2D eigenvalue weighted by molar-refractivity contribution is 0.629. The molecule has 0 radical (unpaired) electrons. The fourth-order valence-electron chi connectivity index (χ4n) is 2.93. The van der Waals surface area contributed by atoms with E-state index in [0.29, 0.717) is 6.54 Å². The Balaban J connectivity index is 1.52. The number of nitrogens with zero attached hydrogens (tertiary/aromatic N) is 2. The molecule has 5 nitrogen and oxygen atoms in total. The topological polar surface area (TPSA) is 65.1 Å². The minimum Gasteiger partial charge on any atom is -0.361 e. The second-order valence-electron chi connectivity index (χ2n) is 6.28. The number of hydrogen-bond acceptors (Lipinski definition) is 3. The van der Waals surface area contributed by atoms with Gasteiger partial charge in [-0.15, -0.1) is 11.3 Å². The summed E-state index contributed by atoms with van der Waals surface area (Å²) in [6, 6.07) is 4.86. The molecular weight excluding hydrogens is 361 g/mol. The monoisotopic (exact) mass is 387 g/mol. The van der Waals surface area contributed by atoms with Crippen molar-refractivity contribution < 1.29 is 4.39 Å². The Morgan fingerprint density at radius 1 is 1.26 bits per heavy atom. The van der Waals surface area contributed by atoms with E-state index in [9.17, 15) is 4.39 Å². The molecule has 2 aromatic heterocycles. The lowest BCUT2D eigenvalue weighted by atomic mass is 10.1. The second kappa shape index (κ2) is 9.50. The van der Waals surface area contributed by atoms with E-state index >= 15 is 0 Å². The van der Waals surface area contributed by atoms with Crippen LogP contribution in [0.15, 0.2) is 34.8 Å². The van der Waals surface area contributed by atoms with Gasteiger partial charge in [0.05, 0.1) is 10.7 Å². The van der Waals surface area contributed by atoms with Crippen molar-refractivity contribution in [1.29, 1.82) is 0 Å². The number of aromatic nitrogens is 2. The van der Waals surface area contributed by atoms with Crippen molar-refractivity contribution in [3.05, 3.63) is 51.9 Å². The van der Waals surface area contributed by atoms with Crippen LogP contribution in [0.25, 0.3) is 10.9 Å². The van der Waals surface area contributed by atoms with E-state index < -0.39 is 0 Å². The number of thiazole rings is 1. The number of aliphatic imine (C=N–C) groups is 1. The zero-order chi connectivity index (χ0) is 19.1. The van der Waals surface area contributed by atoms with Gasteiger partial charge >= 0.3 is 0 Å². The molecule has 144 valence electrons. The number of guanidine groups is 1. The Labute approximate surface area is 163 Å². The summed E-state index contributed by atoms with van der Waals surface area (Å²) < 4.78 is 13.3. The van der Waals surface area contributed by atoms with Gasteiger partial charge in [0.2, 0.25) is 0 Å². The molecule has 0 spiro atoms. The van der Waals surface area contributed by atoms with E-state index in [1.807, 2.05) is 12.3 Å². The Morgan fingerprint density at radius 3 is 2.93 bits per heavy atom. The van der Waals surface area contributed by atoms with Crippen molar-refractivity contribution in [3.63, 3.8) is 0 Å². The first-order chi connectivity index (χ1) is 13.2. The predicted octanol–water partition coefficient (Wildman–Crippen LogP) is 3.67. The smallest absolute Gasteiger partial charge is 0.191 e. The summed E-state index contributed by atoms with van der Waals surface area (Å²) in [4.78, 5) is 12.4. The molecule has 0 unspecified atom stereocenters. The molecule has 3 N–H and O–H groups in total. The fourth-order valence-corrected chi connectivity index (χ4v) is 3.71. The van der Waals surface area contributed by atoms with Gasteiger partial charge in [-0.1, -0.05) is 6.92 Å². The van der Waals surface area contributed by atoms with Gasteiger partial charge in [0, 0.05) is 48.5 Å². The number of fused-ring (bicyclic) bond motifs is 1. The van der Waals surface area contributed by atoms with Crippen LogP contribution in [-0.2, 0) is 19.3 Å². The highest BCUT2D eigenvalue weighted by Gasteiger charge is 2.05. The van der Waals surface area contributed by atoms with E-state index in [2.05, 4.69) is 44.8 Å². The predicted molar refractivity (Wildman–Crippen MR) is 111 cm³/mol. The third-order valence-electron chi connectivity index (χ3n) is 4.30. The van der Waals surface area contributed by atoms with Crippen LogP contribution in [0.1, 0.15) is 30.1 Å². The summed E-state index contributed by atoms with van der Waals surface area (Å²) in [6.07, 6.45) is 4.62. The highest BCUT2D eigenvalue weighted by Crippen LogP contribution is 2.19. The van der Waals surface area contributed by atoms with Crippen LogP contribution in [-0.4, -0.2) is 35.6 Å². The largest absolute Gasteiger partial charge is 0.361 e. The van der Waals surface area contributed by atoms with Gasteiger partial charge in [0.1, 0.15) is 5.82 Å². The molecule has 0 saturated heterocycles. The Kier molecular flexibility index (Phi) is 6.81. The highest BCUT2D eigenvalue weighted by atomic mass is 32.1. The lowest BCUT2D eigenvalue weighted by Gasteiger charge is -2.11. The zero-order valence-electron chi connectivity index (χ0n) is 15.8. The first kappa shape index (κ1) is 19.4. The highest BCUT2D eigenvalue weighted by molar-refractivity contribution is 7.09. The van der Waals surface area contributed by atoms with Crippen LogP contribution in [0.5, 0.6) is 0 Å². The van der Waals surface area contributed by atoms with Gasteiger partial charge < -0.3 is 15.6 Å². The first-order valence-corrected chi connectivity index (χ1v) is 10.3. The van der Waals surface area contributed by atoms with Crippen LogP contribution >= 0.6 is 11.3 Å². The molecule has 3 aromatic rings. The molecule has 0 aliphatic carbocycles. The maximum absolute atomic E-state index is 13.3. The van der Waals surface area contributed by atoms with E-state index in [1.54, 1.807) is 11.3 Å². The molecule has 0 aliphatic rings. The van der Waals surface area contributed by atoms with Crippen molar-refractivity contribution in [2.75, 3.05) is 19.6 Å². The average Bonchev–Trinajstić information content (AvgIpc) is 3.28. The van der Waals surface area contributed by atoms with Gasteiger partial charge in [-0.3, -0.25) is 4.99 Å². The Morgan fingerprint density at radius 2 is 2.15 bits per heavy atom. The summed E-state index contributed by atoms with van der Waals surface area (Å²) >= 11 is 1.72. The minimum atomic E-state index is -0.221. The van der Waals surface area contributed by atoms with E-state index in [1.165, 1.54) is 22.7 Å². The molecule has 0 fully saturated rings. The van der Waals surface area contributed by atoms with Crippen LogP contribution in [0.4, 0.5) is 4.39 Å². The van der Waals surface area contributed by atoms with Crippen molar-refractivity contribution >= 4 is 28.2 Å². The van der Waals surface area contributed by atoms with Gasteiger partial charge in [-0.25, -0.2) is 9.37 Å². The van der Waals surface area contributed by atoms with Gasteiger partial charge in [0.25, 0.3) is 0 Å². The van der Waals surface area contributed by atoms with Crippen molar-refractivity contribution in [2.24, 2.45) is 4.99 Å². The van der Waals surface area contributed by atoms with E-state index in [0.717, 1.165) is 54.9 Å². The number of aryl methyl sites for hydroxylation is 1. The molecule has 3 rings (SSSR count). The van der Waals surface area contributed by atoms with Crippen LogP contribution < -0.4 is 10.6 Å². The van der Waals surface area contributed by atoms with Crippen molar-refractivity contribution in [1.82, 2.24) is 20.6 Å². The van der Waals surface area contributed by atoms with Crippen molar-refractivity contribution in [2.45, 2.75) is 33.1 Å². The Hall–Kier alpha value is -2.41. The molecule has 0 atom stereocenters. The molecule has 0 aliphatic heterocycles. The molecular formula is C20H26FN5S. The van der Waals surface area contributed by atoms with Crippen molar-refractivity contribution in [3.8, 4) is 0 Å². The normalized spacial score (nSPS) is 11.9. The summed E-state index contributed by atoms with van der Waals surface area (Å²) in [5.74, 6) is 0.594. The third kappa shape index (κ3) is 5.29. The van der Waals surface area contributed by atoms with Crippen LogP contribution in [0.2, 0.25) is 0 Å². The number of rotatable bonds is 8.